The molecule has 2 nitrogen and oxygen atoms in total. The van der Waals surface area contributed by atoms with Crippen molar-refractivity contribution >= 4 is 11.6 Å². The van der Waals surface area contributed by atoms with E-state index in [9.17, 15) is 13.6 Å². The first kappa shape index (κ1) is 11.0. The molecule has 1 amide bonds. The highest BCUT2D eigenvalue weighted by molar-refractivity contribution is 5.97. The molecule has 0 radical (unpaired) electrons. The summed E-state index contributed by atoms with van der Waals surface area (Å²) < 4.78 is 24.9. The van der Waals surface area contributed by atoms with Crippen LogP contribution in [0.25, 0.3) is 0 Å². The summed E-state index contributed by atoms with van der Waals surface area (Å²) in [5.74, 6) is -1.09. The summed E-state index contributed by atoms with van der Waals surface area (Å²) in [6.07, 6.45) is -1.33. The van der Waals surface area contributed by atoms with Gasteiger partial charge >= 0.3 is 6.43 Å². The Bertz CT molecular complexity index is 417. The Morgan fingerprint density at radius 2 is 2.19 bits per heavy atom. The molecule has 1 aromatic rings. The van der Waals surface area contributed by atoms with E-state index in [1.54, 1.807) is 0 Å². The number of rotatable bonds is 1. The quantitative estimate of drug-likeness (QED) is 0.719. The van der Waals surface area contributed by atoms with Crippen LogP contribution in [0, 0.1) is 6.92 Å². The van der Waals surface area contributed by atoms with Crippen molar-refractivity contribution in [1.82, 2.24) is 0 Å². The summed E-state index contributed by atoms with van der Waals surface area (Å²) in [6.45, 7) is 2.23. The van der Waals surface area contributed by atoms with Gasteiger partial charge in [0, 0.05) is 12.2 Å². The molecule has 0 fully saturated rings. The molecule has 0 bridgehead atoms. The largest absolute Gasteiger partial charge is 0.316 e. The maximum Gasteiger partial charge on any atom is 0.316 e. The molecule has 16 heavy (non-hydrogen) atoms. The van der Waals surface area contributed by atoms with Gasteiger partial charge in [-0.05, 0) is 30.9 Å². The number of carbonyl (C=O) groups is 1. The van der Waals surface area contributed by atoms with Crippen molar-refractivity contribution in [2.24, 2.45) is 0 Å². The third-order valence-corrected chi connectivity index (χ3v) is 2.87. The number of alkyl halides is 2. The third kappa shape index (κ3) is 1.79. The molecule has 4 heteroatoms. The fourth-order valence-electron chi connectivity index (χ4n) is 2.19. The van der Waals surface area contributed by atoms with Gasteiger partial charge in [0.25, 0.3) is 5.91 Å². The number of para-hydroxylation sites is 1. The van der Waals surface area contributed by atoms with Crippen molar-refractivity contribution in [1.29, 1.82) is 0 Å². The van der Waals surface area contributed by atoms with Gasteiger partial charge in [-0.2, -0.15) is 8.78 Å². The van der Waals surface area contributed by atoms with Crippen LogP contribution < -0.4 is 4.90 Å². The van der Waals surface area contributed by atoms with Gasteiger partial charge in [0.15, 0.2) is 0 Å². The van der Waals surface area contributed by atoms with Gasteiger partial charge in [0.1, 0.15) is 0 Å². The van der Waals surface area contributed by atoms with E-state index in [1.807, 2.05) is 25.1 Å². The van der Waals surface area contributed by atoms with Gasteiger partial charge < -0.3 is 4.90 Å². The van der Waals surface area contributed by atoms with Crippen molar-refractivity contribution in [3.05, 3.63) is 29.3 Å². The van der Waals surface area contributed by atoms with Crippen LogP contribution in [-0.4, -0.2) is 18.9 Å². The lowest BCUT2D eigenvalue weighted by molar-refractivity contribution is -0.129. The SMILES string of the molecule is Cc1cccc2c1N(C(=O)C(F)F)CCC2. The summed E-state index contributed by atoms with van der Waals surface area (Å²) in [5, 5.41) is 0. The molecule has 0 aliphatic carbocycles. The van der Waals surface area contributed by atoms with Crippen LogP contribution in [0.1, 0.15) is 17.5 Å². The Hall–Kier alpha value is -1.45. The third-order valence-electron chi connectivity index (χ3n) is 2.87. The maximum absolute atomic E-state index is 12.4. The molecular formula is C12H13F2NO. The van der Waals surface area contributed by atoms with Crippen LogP contribution in [0.2, 0.25) is 0 Å². The Morgan fingerprint density at radius 1 is 1.44 bits per heavy atom. The Labute approximate surface area is 92.9 Å². The highest BCUT2D eigenvalue weighted by Gasteiger charge is 2.29. The molecule has 0 aromatic heterocycles. The van der Waals surface area contributed by atoms with Crippen molar-refractivity contribution in [3.63, 3.8) is 0 Å². The van der Waals surface area contributed by atoms with E-state index in [4.69, 9.17) is 0 Å². The summed E-state index contributed by atoms with van der Waals surface area (Å²) in [7, 11) is 0. The monoisotopic (exact) mass is 225 g/mol. The summed E-state index contributed by atoms with van der Waals surface area (Å²) >= 11 is 0. The second-order valence-electron chi connectivity index (χ2n) is 3.98. The minimum absolute atomic E-state index is 0.390. The van der Waals surface area contributed by atoms with Gasteiger partial charge in [0.05, 0.1) is 0 Å². The van der Waals surface area contributed by atoms with Crippen molar-refractivity contribution < 1.29 is 13.6 Å². The first-order valence-electron chi connectivity index (χ1n) is 5.29. The highest BCUT2D eigenvalue weighted by Crippen LogP contribution is 2.31. The number of carbonyl (C=O) groups excluding carboxylic acids is 1. The molecule has 1 aliphatic rings. The van der Waals surface area contributed by atoms with Gasteiger partial charge in [-0.3, -0.25) is 4.79 Å². The number of aryl methyl sites for hydroxylation is 2. The van der Waals surface area contributed by atoms with E-state index in [0.717, 1.165) is 24.0 Å². The van der Waals surface area contributed by atoms with E-state index in [2.05, 4.69) is 0 Å². The van der Waals surface area contributed by atoms with Crippen LogP contribution in [0.15, 0.2) is 18.2 Å². The number of hydrogen-bond acceptors (Lipinski definition) is 1. The molecule has 86 valence electrons. The number of nitrogens with zero attached hydrogens (tertiary/aromatic N) is 1. The molecule has 2 rings (SSSR count). The molecule has 1 aliphatic heterocycles. The number of benzene rings is 1. The molecule has 0 unspecified atom stereocenters. The average molecular weight is 225 g/mol. The zero-order chi connectivity index (χ0) is 11.7. The summed E-state index contributed by atoms with van der Waals surface area (Å²) in [4.78, 5) is 12.6. The average Bonchev–Trinajstić information content (AvgIpc) is 2.27. The van der Waals surface area contributed by atoms with E-state index in [-0.39, 0.29) is 0 Å². The van der Waals surface area contributed by atoms with Crippen LogP contribution in [0.3, 0.4) is 0 Å². The lowest BCUT2D eigenvalue weighted by Crippen LogP contribution is -2.39. The minimum Gasteiger partial charge on any atom is -0.307 e. The normalized spacial score (nSPS) is 15.1. The van der Waals surface area contributed by atoms with Crippen molar-refractivity contribution in [2.75, 3.05) is 11.4 Å². The van der Waals surface area contributed by atoms with Gasteiger partial charge in [-0.15, -0.1) is 0 Å². The molecule has 0 saturated carbocycles. The first-order chi connectivity index (χ1) is 7.61. The zero-order valence-corrected chi connectivity index (χ0v) is 9.04. The lowest BCUT2D eigenvalue weighted by atomic mass is 9.98. The van der Waals surface area contributed by atoms with Crippen LogP contribution in [-0.2, 0) is 11.2 Å². The molecular weight excluding hydrogens is 212 g/mol. The predicted molar refractivity (Wildman–Crippen MR) is 57.9 cm³/mol. The molecule has 0 saturated heterocycles. The van der Waals surface area contributed by atoms with Gasteiger partial charge in [-0.1, -0.05) is 18.2 Å². The second-order valence-corrected chi connectivity index (χ2v) is 3.98. The van der Waals surface area contributed by atoms with Crippen LogP contribution in [0.4, 0.5) is 14.5 Å². The lowest BCUT2D eigenvalue weighted by Gasteiger charge is -2.30. The van der Waals surface area contributed by atoms with Gasteiger partial charge in [-0.25, -0.2) is 0 Å². The summed E-state index contributed by atoms with van der Waals surface area (Å²) in [5.41, 5.74) is 2.55. The standard InChI is InChI=1S/C12H13F2NO/c1-8-4-2-5-9-6-3-7-15(10(8)9)12(16)11(13)14/h2,4-5,11H,3,6-7H2,1H3. The van der Waals surface area contributed by atoms with Crippen LogP contribution >= 0.6 is 0 Å². The number of fused-ring (bicyclic) bond motifs is 1. The van der Waals surface area contributed by atoms with E-state index >= 15 is 0 Å². The zero-order valence-electron chi connectivity index (χ0n) is 9.04. The number of anilines is 1. The number of amides is 1. The topological polar surface area (TPSA) is 20.3 Å². The fourth-order valence-corrected chi connectivity index (χ4v) is 2.19. The first-order valence-corrected chi connectivity index (χ1v) is 5.29. The highest BCUT2D eigenvalue weighted by atomic mass is 19.3. The molecule has 0 N–H and O–H groups in total. The Kier molecular flexibility index (Phi) is 2.90. The molecule has 0 atom stereocenters. The minimum atomic E-state index is -2.93. The van der Waals surface area contributed by atoms with E-state index < -0.39 is 12.3 Å². The molecule has 1 heterocycles. The summed E-state index contributed by atoms with van der Waals surface area (Å²) in [6, 6.07) is 5.63. The van der Waals surface area contributed by atoms with Crippen LogP contribution in [0.5, 0.6) is 0 Å². The van der Waals surface area contributed by atoms with E-state index in [1.165, 1.54) is 4.90 Å². The fraction of sp³-hybridized carbons (Fsp3) is 0.417. The van der Waals surface area contributed by atoms with Gasteiger partial charge in [0.2, 0.25) is 0 Å². The Morgan fingerprint density at radius 3 is 2.88 bits per heavy atom. The molecule has 1 aromatic carbocycles. The maximum atomic E-state index is 12.4. The van der Waals surface area contributed by atoms with E-state index in [0.29, 0.717) is 12.2 Å². The number of halogens is 2. The Balaban J connectivity index is 2.43. The molecule has 0 spiro atoms. The number of hydrogen-bond donors (Lipinski definition) is 0. The van der Waals surface area contributed by atoms with Crippen molar-refractivity contribution in [3.8, 4) is 0 Å². The smallest absolute Gasteiger partial charge is 0.307 e. The van der Waals surface area contributed by atoms with Crippen molar-refractivity contribution in [2.45, 2.75) is 26.2 Å². The second kappa shape index (κ2) is 4.20. The predicted octanol–water partition coefficient (Wildman–Crippen LogP) is 2.54.